The third-order valence-corrected chi connectivity index (χ3v) is 3.29. The van der Waals surface area contributed by atoms with Crippen LogP contribution >= 0.6 is 0 Å². The Bertz CT molecular complexity index is 534. The molecule has 0 aliphatic carbocycles. The number of carbonyl (C=O) groups excluding carboxylic acids is 1. The monoisotopic (exact) mass is 276 g/mol. The summed E-state index contributed by atoms with van der Waals surface area (Å²) in [7, 11) is 1.72. The van der Waals surface area contributed by atoms with Gasteiger partial charge in [0.15, 0.2) is 0 Å². The van der Waals surface area contributed by atoms with Crippen LogP contribution in [-0.2, 0) is 4.79 Å². The third kappa shape index (κ3) is 3.45. The molecule has 5 nitrogen and oxygen atoms in total. The molecule has 0 aromatic heterocycles. The largest absolute Gasteiger partial charge is 0.365 e. The van der Waals surface area contributed by atoms with Gasteiger partial charge in [-0.25, -0.2) is 4.39 Å². The van der Waals surface area contributed by atoms with Gasteiger partial charge in [-0.15, -0.1) is 0 Å². The number of nitrogens with zero attached hydrogens (tertiary/aromatic N) is 3. The number of nitrogens with one attached hydrogen (secondary N) is 1. The highest BCUT2D eigenvalue weighted by Gasteiger charge is 2.18. The average Bonchev–Trinajstić information content (AvgIpc) is 2.47. The number of halogens is 1. The van der Waals surface area contributed by atoms with Crippen LogP contribution in [0.4, 0.5) is 10.1 Å². The lowest BCUT2D eigenvalue weighted by Crippen LogP contribution is -2.49. The molecule has 1 aromatic rings. The van der Waals surface area contributed by atoms with Gasteiger partial charge in [-0.1, -0.05) is 0 Å². The molecule has 0 spiro atoms. The van der Waals surface area contributed by atoms with E-state index in [1.54, 1.807) is 22.9 Å². The Hall–Kier alpha value is -2.13. The van der Waals surface area contributed by atoms with Crippen molar-refractivity contribution < 1.29 is 9.18 Å². The number of benzene rings is 1. The highest BCUT2D eigenvalue weighted by atomic mass is 19.1. The van der Waals surface area contributed by atoms with Crippen molar-refractivity contribution in [2.24, 2.45) is 0 Å². The SMILES string of the molecule is CN(CC(=O)N1CCNCC1)c1cc(F)cc(C#N)c1. The molecule has 20 heavy (non-hydrogen) atoms. The average molecular weight is 276 g/mol. The molecule has 1 amide bonds. The molecule has 106 valence electrons. The number of hydrogen-bond acceptors (Lipinski definition) is 4. The Morgan fingerprint density at radius 2 is 2.15 bits per heavy atom. The van der Waals surface area contributed by atoms with Crippen molar-refractivity contribution in [1.29, 1.82) is 5.26 Å². The molecule has 0 bridgehead atoms. The summed E-state index contributed by atoms with van der Waals surface area (Å²) < 4.78 is 13.4. The van der Waals surface area contributed by atoms with Crippen LogP contribution in [-0.4, -0.2) is 50.6 Å². The minimum Gasteiger partial charge on any atom is -0.365 e. The molecule has 1 fully saturated rings. The van der Waals surface area contributed by atoms with Crippen LogP contribution in [0.15, 0.2) is 18.2 Å². The molecular weight excluding hydrogens is 259 g/mol. The summed E-state index contributed by atoms with van der Waals surface area (Å²) in [5.41, 5.74) is 0.784. The summed E-state index contributed by atoms with van der Waals surface area (Å²) in [5, 5.41) is 12.0. The van der Waals surface area contributed by atoms with Crippen molar-refractivity contribution in [3.63, 3.8) is 0 Å². The second-order valence-electron chi connectivity index (χ2n) is 4.80. The van der Waals surface area contributed by atoms with E-state index >= 15 is 0 Å². The number of piperazine rings is 1. The van der Waals surface area contributed by atoms with Crippen LogP contribution in [0.2, 0.25) is 0 Å². The van der Waals surface area contributed by atoms with E-state index in [0.29, 0.717) is 18.8 Å². The zero-order valence-corrected chi connectivity index (χ0v) is 11.4. The first-order valence-corrected chi connectivity index (χ1v) is 6.50. The maximum atomic E-state index is 13.4. The molecule has 0 atom stereocenters. The normalized spacial score (nSPS) is 14.8. The van der Waals surface area contributed by atoms with E-state index in [0.717, 1.165) is 13.1 Å². The second kappa shape index (κ2) is 6.35. The summed E-state index contributed by atoms with van der Waals surface area (Å²) in [6.45, 7) is 3.16. The van der Waals surface area contributed by atoms with Gasteiger partial charge in [-0.05, 0) is 18.2 Å². The number of likely N-dealkylation sites (N-methyl/N-ethyl adjacent to an activating group) is 1. The molecule has 0 radical (unpaired) electrons. The maximum Gasteiger partial charge on any atom is 0.242 e. The van der Waals surface area contributed by atoms with Crippen molar-refractivity contribution in [2.75, 3.05) is 44.7 Å². The van der Waals surface area contributed by atoms with E-state index in [-0.39, 0.29) is 18.0 Å². The van der Waals surface area contributed by atoms with E-state index in [9.17, 15) is 9.18 Å². The van der Waals surface area contributed by atoms with E-state index in [1.807, 2.05) is 6.07 Å². The molecule has 1 aliphatic heterocycles. The summed E-state index contributed by atoms with van der Waals surface area (Å²) in [5.74, 6) is -0.461. The van der Waals surface area contributed by atoms with E-state index < -0.39 is 5.82 Å². The first-order valence-electron chi connectivity index (χ1n) is 6.50. The first-order chi connectivity index (χ1) is 9.60. The van der Waals surface area contributed by atoms with Crippen LogP contribution < -0.4 is 10.2 Å². The summed E-state index contributed by atoms with van der Waals surface area (Å²) in [6.07, 6.45) is 0. The van der Waals surface area contributed by atoms with Crippen LogP contribution in [0, 0.1) is 17.1 Å². The topological polar surface area (TPSA) is 59.4 Å². The number of hydrogen-bond donors (Lipinski definition) is 1. The number of carbonyl (C=O) groups is 1. The predicted molar refractivity (Wildman–Crippen MR) is 73.8 cm³/mol. The van der Waals surface area contributed by atoms with Crippen molar-refractivity contribution >= 4 is 11.6 Å². The molecular formula is C14H17FN4O. The van der Waals surface area contributed by atoms with E-state index in [1.165, 1.54) is 12.1 Å². The standard InChI is InChI=1S/C14H17FN4O/c1-18(10-14(20)19-4-2-17-3-5-19)13-7-11(9-16)6-12(15)8-13/h6-8,17H,2-5,10H2,1H3. The molecule has 6 heteroatoms. The van der Waals surface area contributed by atoms with Crippen molar-refractivity contribution in [1.82, 2.24) is 10.2 Å². The van der Waals surface area contributed by atoms with Crippen molar-refractivity contribution in [3.05, 3.63) is 29.6 Å². The van der Waals surface area contributed by atoms with Gasteiger partial charge in [0, 0.05) is 38.9 Å². The van der Waals surface area contributed by atoms with Crippen LogP contribution in [0.1, 0.15) is 5.56 Å². The predicted octanol–water partition coefficient (Wildman–Crippen LogP) is 0.565. The smallest absolute Gasteiger partial charge is 0.242 e. The fourth-order valence-corrected chi connectivity index (χ4v) is 2.17. The fraction of sp³-hybridized carbons (Fsp3) is 0.429. The summed E-state index contributed by atoms with van der Waals surface area (Å²) >= 11 is 0. The number of nitriles is 1. The zero-order valence-electron chi connectivity index (χ0n) is 11.4. The summed E-state index contributed by atoms with van der Waals surface area (Å²) in [4.78, 5) is 15.6. The molecule has 1 heterocycles. The Morgan fingerprint density at radius 1 is 1.45 bits per heavy atom. The van der Waals surface area contributed by atoms with Gasteiger partial charge >= 0.3 is 0 Å². The van der Waals surface area contributed by atoms with Crippen LogP contribution in [0.5, 0.6) is 0 Å². The second-order valence-corrected chi connectivity index (χ2v) is 4.80. The number of amides is 1. The third-order valence-electron chi connectivity index (χ3n) is 3.29. The molecule has 1 aliphatic rings. The lowest BCUT2D eigenvalue weighted by molar-refractivity contribution is -0.130. The molecule has 1 N–H and O–H groups in total. The van der Waals surface area contributed by atoms with Crippen molar-refractivity contribution in [2.45, 2.75) is 0 Å². The van der Waals surface area contributed by atoms with E-state index in [4.69, 9.17) is 5.26 Å². The minimum absolute atomic E-state index is 0.0109. The summed E-state index contributed by atoms with van der Waals surface area (Å²) in [6, 6.07) is 5.99. The molecule has 1 aromatic carbocycles. The van der Waals surface area contributed by atoms with Crippen LogP contribution in [0.25, 0.3) is 0 Å². The van der Waals surface area contributed by atoms with Gasteiger partial charge in [-0.3, -0.25) is 4.79 Å². The first kappa shape index (κ1) is 14.3. The lowest BCUT2D eigenvalue weighted by Gasteiger charge is -2.29. The highest BCUT2D eigenvalue weighted by molar-refractivity contribution is 5.81. The molecule has 2 rings (SSSR count). The van der Waals surface area contributed by atoms with Gasteiger partial charge in [0.2, 0.25) is 5.91 Å². The van der Waals surface area contributed by atoms with Gasteiger partial charge in [-0.2, -0.15) is 5.26 Å². The van der Waals surface area contributed by atoms with Gasteiger partial charge in [0.25, 0.3) is 0 Å². The maximum absolute atomic E-state index is 13.4. The number of anilines is 1. The van der Waals surface area contributed by atoms with Crippen molar-refractivity contribution in [3.8, 4) is 6.07 Å². The molecule has 1 saturated heterocycles. The highest BCUT2D eigenvalue weighted by Crippen LogP contribution is 2.17. The lowest BCUT2D eigenvalue weighted by atomic mass is 10.2. The quantitative estimate of drug-likeness (QED) is 0.876. The number of rotatable bonds is 3. The molecule has 0 unspecified atom stereocenters. The molecule has 0 saturated carbocycles. The van der Waals surface area contributed by atoms with Gasteiger partial charge in [0.1, 0.15) is 5.82 Å². The van der Waals surface area contributed by atoms with Gasteiger partial charge < -0.3 is 15.1 Å². The Kier molecular flexibility index (Phi) is 4.53. The zero-order chi connectivity index (χ0) is 14.5. The fourth-order valence-electron chi connectivity index (χ4n) is 2.17. The Morgan fingerprint density at radius 3 is 2.80 bits per heavy atom. The van der Waals surface area contributed by atoms with Gasteiger partial charge in [0.05, 0.1) is 18.2 Å². The van der Waals surface area contributed by atoms with Crippen LogP contribution in [0.3, 0.4) is 0 Å². The minimum atomic E-state index is -0.472. The Balaban J connectivity index is 2.04. The Labute approximate surface area is 117 Å². The van der Waals surface area contributed by atoms with E-state index in [2.05, 4.69) is 5.32 Å².